The first-order valence-corrected chi connectivity index (χ1v) is 3.34. The van der Waals surface area contributed by atoms with Gasteiger partial charge in [-0.3, -0.25) is 4.79 Å². The third kappa shape index (κ3) is 3.07. The van der Waals surface area contributed by atoms with Crippen molar-refractivity contribution in [3.8, 4) is 0 Å². The molecule has 0 aliphatic carbocycles. The third-order valence-corrected chi connectivity index (χ3v) is 1.38. The van der Waals surface area contributed by atoms with Gasteiger partial charge in [0.2, 0.25) is 0 Å². The number of ketones is 1. The van der Waals surface area contributed by atoms with Crippen LogP contribution in [0.2, 0.25) is 0 Å². The lowest BCUT2D eigenvalue weighted by molar-refractivity contribution is -0.159. The average Bonchev–Trinajstić information content (AvgIpc) is 2.12. The minimum atomic E-state index is -2.24. The molecule has 7 nitrogen and oxygen atoms in total. The van der Waals surface area contributed by atoms with Gasteiger partial charge < -0.3 is 25.5 Å². The Kier molecular flexibility index (Phi) is 4.49. The molecule has 0 saturated heterocycles. The van der Waals surface area contributed by atoms with Crippen molar-refractivity contribution in [2.45, 2.75) is 18.3 Å². The van der Waals surface area contributed by atoms with E-state index in [1.165, 1.54) is 0 Å². The highest BCUT2D eigenvalue weighted by molar-refractivity contribution is 6.34. The molecule has 76 valence electrons. The molecule has 13 heavy (non-hydrogen) atoms. The Bertz CT molecular complexity index is 201. The van der Waals surface area contributed by atoms with Crippen molar-refractivity contribution >= 4 is 11.8 Å². The summed E-state index contributed by atoms with van der Waals surface area (Å²) >= 11 is 0. The lowest BCUT2D eigenvalue weighted by Crippen LogP contribution is -2.46. The highest BCUT2D eigenvalue weighted by Gasteiger charge is 2.33. The predicted molar refractivity (Wildman–Crippen MR) is 37.7 cm³/mol. The fourth-order valence-electron chi connectivity index (χ4n) is 0.600. The molecule has 0 aromatic rings. The van der Waals surface area contributed by atoms with E-state index in [0.717, 1.165) is 0 Å². The van der Waals surface area contributed by atoms with Gasteiger partial charge in [0.05, 0.1) is 6.61 Å². The van der Waals surface area contributed by atoms with Gasteiger partial charge in [-0.15, -0.1) is 0 Å². The van der Waals surface area contributed by atoms with E-state index in [1.54, 1.807) is 0 Å². The van der Waals surface area contributed by atoms with Crippen molar-refractivity contribution in [3.63, 3.8) is 0 Å². The van der Waals surface area contributed by atoms with Crippen LogP contribution in [0.25, 0.3) is 0 Å². The third-order valence-electron chi connectivity index (χ3n) is 1.38. The van der Waals surface area contributed by atoms with E-state index in [2.05, 4.69) is 0 Å². The first kappa shape index (κ1) is 12.0. The second kappa shape index (κ2) is 4.87. The molecule has 0 rings (SSSR count). The van der Waals surface area contributed by atoms with Crippen molar-refractivity contribution in [2.75, 3.05) is 6.61 Å². The van der Waals surface area contributed by atoms with E-state index in [4.69, 9.17) is 25.5 Å². The SMILES string of the molecule is O=C(O)C(=O)[C@H](O)[C@@H](O)[C@@H](O)CO. The largest absolute Gasteiger partial charge is 0.475 e. The maximum atomic E-state index is 10.5. The number of Topliss-reactive ketones (excluding diaryl/α,β-unsaturated/α-hetero) is 1. The summed E-state index contributed by atoms with van der Waals surface area (Å²) in [6.07, 6.45) is -5.99. The summed E-state index contributed by atoms with van der Waals surface area (Å²) in [4.78, 5) is 20.5. The maximum absolute atomic E-state index is 10.5. The Morgan fingerprint density at radius 1 is 1.15 bits per heavy atom. The molecule has 0 spiro atoms. The molecule has 0 fully saturated rings. The number of carbonyl (C=O) groups excluding carboxylic acids is 1. The number of aliphatic hydroxyl groups is 4. The van der Waals surface area contributed by atoms with Crippen molar-refractivity contribution < 1.29 is 35.1 Å². The van der Waals surface area contributed by atoms with Crippen molar-refractivity contribution in [1.82, 2.24) is 0 Å². The first-order valence-electron chi connectivity index (χ1n) is 3.34. The van der Waals surface area contributed by atoms with Crippen molar-refractivity contribution in [1.29, 1.82) is 0 Å². The number of hydrogen-bond acceptors (Lipinski definition) is 6. The molecule has 0 aliphatic rings. The van der Waals surface area contributed by atoms with Gasteiger partial charge in [-0.2, -0.15) is 0 Å². The molecule has 0 bridgehead atoms. The number of carboxylic acids is 1. The van der Waals surface area contributed by atoms with Gasteiger partial charge >= 0.3 is 5.97 Å². The zero-order valence-corrected chi connectivity index (χ0v) is 6.49. The fraction of sp³-hybridized carbons (Fsp3) is 0.667. The molecular weight excluding hydrogens is 184 g/mol. The molecule has 5 N–H and O–H groups in total. The fourth-order valence-corrected chi connectivity index (χ4v) is 0.600. The van der Waals surface area contributed by atoms with Gasteiger partial charge in [0.15, 0.2) is 6.10 Å². The molecule has 0 unspecified atom stereocenters. The highest BCUT2D eigenvalue weighted by Crippen LogP contribution is 2.01. The molecule has 0 aliphatic heterocycles. The Balaban J connectivity index is 4.33. The molecule has 0 saturated carbocycles. The molecule has 7 heteroatoms. The Morgan fingerprint density at radius 2 is 1.62 bits per heavy atom. The molecule has 0 aromatic heterocycles. The lowest BCUT2D eigenvalue weighted by atomic mass is 10.1. The summed E-state index contributed by atoms with van der Waals surface area (Å²) in [5.74, 6) is -3.56. The zero-order chi connectivity index (χ0) is 10.6. The van der Waals surface area contributed by atoms with Crippen molar-refractivity contribution in [3.05, 3.63) is 0 Å². The number of aliphatic carboxylic acids is 1. The van der Waals surface area contributed by atoms with Gasteiger partial charge in [-0.25, -0.2) is 4.79 Å². The molecule has 0 heterocycles. The van der Waals surface area contributed by atoms with Crippen LogP contribution in [0.4, 0.5) is 0 Å². The van der Waals surface area contributed by atoms with Gasteiger partial charge in [-0.05, 0) is 0 Å². The number of hydrogen-bond donors (Lipinski definition) is 5. The van der Waals surface area contributed by atoms with E-state index in [9.17, 15) is 9.59 Å². The first-order chi connectivity index (χ1) is 5.91. The van der Waals surface area contributed by atoms with Crippen LogP contribution in [0.15, 0.2) is 0 Å². The Hall–Kier alpha value is -1.02. The van der Waals surface area contributed by atoms with Crippen LogP contribution < -0.4 is 0 Å². The smallest absolute Gasteiger partial charge is 0.375 e. The van der Waals surface area contributed by atoms with Crippen LogP contribution in [0.5, 0.6) is 0 Å². The van der Waals surface area contributed by atoms with Crippen molar-refractivity contribution in [2.24, 2.45) is 0 Å². The zero-order valence-electron chi connectivity index (χ0n) is 6.49. The van der Waals surface area contributed by atoms with Crippen LogP contribution in [0, 0.1) is 0 Å². The van der Waals surface area contributed by atoms with Gasteiger partial charge in [0.25, 0.3) is 5.78 Å². The topological polar surface area (TPSA) is 135 Å². The summed E-state index contributed by atoms with van der Waals surface area (Å²) in [6, 6.07) is 0. The van der Waals surface area contributed by atoms with E-state index in [-0.39, 0.29) is 0 Å². The standard InChI is InChI=1S/C6H10O7/c7-1-2(8)3(9)4(10)5(11)6(12)13/h2-4,7-10H,1H2,(H,12,13)/t2-,3-,4+/m0/s1. The number of rotatable bonds is 5. The molecular formula is C6H10O7. The average molecular weight is 194 g/mol. The number of carboxylic acid groups (broad SMARTS) is 1. The normalized spacial score (nSPS) is 17.5. The quantitative estimate of drug-likeness (QED) is 0.289. The summed E-state index contributed by atoms with van der Waals surface area (Å²) in [7, 11) is 0. The van der Waals surface area contributed by atoms with E-state index >= 15 is 0 Å². The lowest BCUT2D eigenvalue weighted by Gasteiger charge is -2.18. The minimum absolute atomic E-state index is 0.884. The number of aliphatic hydroxyl groups excluding tert-OH is 4. The minimum Gasteiger partial charge on any atom is -0.475 e. The molecule has 0 amide bonds. The predicted octanol–water partition coefficient (Wildman–Crippen LogP) is -3.28. The second-order valence-electron chi connectivity index (χ2n) is 2.35. The monoisotopic (exact) mass is 194 g/mol. The second-order valence-corrected chi connectivity index (χ2v) is 2.35. The highest BCUT2D eigenvalue weighted by atomic mass is 16.4. The summed E-state index contributed by atoms with van der Waals surface area (Å²) in [5.41, 5.74) is 0. The summed E-state index contributed by atoms with van der Waals surface area (Å²) in [5, 5.41) is 42.8. The van der Waals surface area contributed by atoms with Gasteiger partial charge in [-0.1, -0.05) is 0 Å². The van der Waals surface area contributed by atoms with Gasteiger partial charge in [0.1, 0.15) is 12.2 Å². The Morgan fingerprint density at radius 3 is 1.92 bits per heavy atom. The van der Waals surface area contributed by atoms with Crippen LogP contribution >= 0.6 is 0 Å². The van der Waals surface area contributed by atoms with E-state index in [0.29, 0.717) is 0 Å². The summed E-state index contributed by atoms with van der Waals surface area (Å²) < 4.78 is 0. The number of carbonyl (C=O) groups is 2. The van der Waals surface area contributed by atoms with E-state index < -0.39 is 36.7 Å². The van der Waals surface area contributed by atoms with Crippen LogP contribution in [0.3, 0.4) is 0 Å². The molecule has 3 atom stereocenters. The maximum Gasteiger partial charge on any atom is 0.375 e. The van der Waals surface area contributed by atoms with Crippen LogP contribution in [0.1, 0.15) is 0 Å². The summed E-state index contributed by atoms with van der Waals surface area (Å²) in [6.45, 7) is -0.884. The molecule has 0 aromatic carbocycles. The Labute approximate surface area is 72.9 Å². The van der Waals surface area contributed by atoms with Gasteiger partial charge in [0, 0.05) is 0 Å². The van der Waals surface area contributed by atoms with Crippen LogP contribution in [-0.4, -0.2) is 62.2 Å². The molecule has 0 radical (unpaired) electrons. The van der Waals surface area contributed by atoms with Crippen LogP contribution in [-0.2, 0) is 9.59 Å². The van der Waals surface area contributed by atoms with E-state index in [1.807, 2.05) is 0 Å².